The molecule has 140 valence electrons. The van der Waals surface area contributed by atoms with Crippen molar-refractivity contribution in [2.75, 3.05) is 0 Å². The van der Waals surface area contributed by atoms with Gasteiger partial charge in [-0.3, -0.25) is 0 Å². The van der Waals surface area contributed by atoms with E-state index in [1.54, 1.807) is 0 Å². The summed E-state index contributed by atoms with van der Waals surface area (Å²) >= 11 is 12.8. The average Bonchev–Trinajstić information content (AvgIpc) is 2.81. The second-order valence-corrected chi connectivity index (χ2v) is 11.1. The Morgan fingerprint density at radius 1 is 0.321 bits per heavy atom. The molecule has 0 amide bonds. The molecule has 0 bridgehead atoms. The molecular formula is C24H20Cl2P2. The lowest BCUT2D eigenvalue weighted by atomic mass is 10.4. The summed E-state index contributed by atoms with van der Waals surface area (Å²) in [6, 6.07) is 40.8. The first-order valence-corrected chi connectivity index (χ1v) is 13.4. The summed E-state index contributed by atoms with van der Waals surface area (Å²) in [6.45, 7) is 0. The summed E-state index contributed by atoms with van der Waals surface area (Å²) in [5.74, 6) is 0. The fourth-order valence-electron chi connectivity index (χ4n) is 2.53. The second-order valence-electron chi connectivity index (χ2n) is 5.90. The highest BCUT2D eigenvalue weighted by atomic mass is 35.7. The van der Waals surface area contributed by atoms with Gasteiger partial charge in [0.25, 0.3) is 0 Å². The molecule has 0 spiro atoms. The normalized spacial score (nSPS) is 10.4. The van der Waals surface area contributed by atoms with E-state index >= 15 is 0 Å². The molecule has 0 atom stereocenters. The van der Waals surface area contributed by atoms with Crippen molar-refractivity contribution in [3.63, 3.8) is 0 Å². The SMILES string of the molecule is ClP(c1ccccc1)c1ccccc1.ClP(c1ccccc1)c1ccccc1. The van der Waals surface area contributed by atoms with E-state index < -0.39 is 14.5 Å². The standard InChI is InChI=1S/2C12H10ClP/c2*13-14(11-7-3-1-4-8-11)12-9-5-2-6-10-12/h2*1-10H. The number of rotatable bonds is 4. The smallest absolute Gasteiger partial charge is 0.0524 e. The van der Waals surface area contributed by atoms with Gasteiger partial charge in [-0.15, -0.1) is 0 Å². The molecule has 0 fully saturated rings. The number of hydrogen-bond acceptors (Lipinski definition) is 0. The van der Waals surface area contributed by atoms with Crippen LogP contribution < -0.4 is 21.2 Å². The summed E-state index contributed by atoms with van der Waals surface area (Å²) in [5, 5.41) is 4.82. The van der Waals surface area contributed by atoms with Crippen molar-refractivity contribution in [2.24, 2.45) is 0 Å². The maximum atomic E-state index is 6.40. The molecule has 0 aliphatic carbocycles. The van der Waals surface area contributed by atoms with E-state index in [4.69, 9.17) is 22.5 Å². The fourth-order valence-corrected chi connectivity index (χ4v) is 6.22. The van der Waals surface area contributed by atoms with Gasteiger partial charge in [-0.05, 0) is 21.2 Å². The van der Waals surface area contributed by atoms with Crippen molar-refractivity contribution in [2.45, 2.75) is 0 Å². The predicted molar refractivity (Wildman–Crippen MR) is 130 cm³/mol. The van der Waals surface area contributed by atoms with Gasteiger partial charge in [0.15, 0.2) is 0 Å². The van der Waals surface area contributed by atoms with Crippen molar-refractivity contribution in [1.29, 1.82) is 0 Å². The average molecular weight is 441 g/mol. The van der Waals surface area contributed by atoms with Crippen LogP contribution in [0, 0.1) is 0 Å². The van der Waals surface area contributed by atoms with Crippen LogP contribution in [0.4, 0.5) is 0 Å². The van der Waals surface area contributed by atoms with Gasteiger partial charge < -0.3 is 0 Å². The zero-order chi connectivity index (χ0) is 19.6. The van der Waals surface area contributed by atoms with Crippen LogP contribution in [0.3, 0.4) is 0 Å². The van der Waals surface area contributed by atoms with E-state index in [9.17, 15) is 0 Å². The van der Waals surface area contributed by atoms with E-state index in [1.807, 2.05) is 72.8 Å². The molecule has 0 saturated heterocycles. The van der Waals surface area contributed by atoms with Gasteiger partial charge in [0.1, 0.15) is 0 Å². The minimum Gasteiger partial charge on any atom is -0.0859 e. The summed E-state index contributed by atoms with van der Waals surface area (Å²) in [6.07, 6.45) is 0. The highest BCUT2D eigenvalue weighted by Gasteiger charge is 2.09. The molecule has 0 aliphatic rings. The van der Waals surface area contributed by atoms with Crippen LogP contribution in [-0.2, 0) is 0 Å². The summed E-state index contributed by atoms with van der Waals surface area (Å²) < 4.78 is 0. The van der Waals surface area contributed by atoms with Crippen LogP contribution in [0.15, 0.2) is 121 Å². The van der Waals surface area contributed by atoms with Crippen LogP contribution in [0.5, 0.6) is 0 Å². The highest BCUT2D eigenvalue weighted by molar-refractivity contribution is 7.96. The third-order valence-corrected chi connectivity index (χ3v) is 9.28. The van der Waals surface area contributed by atoms with Gasteiger partial charge in [0.2, 0.25) is 0 Å². The van der Waals surface area contributed by atoms with Crippen molar-refractivity contribution in [3.05, 3.63) is 121 Å². The molecular weight excluding hydrogens is 421 g/mol. The third-order valence-electron chi connectivity index (χ3n) is 3.93. The summed E-state index contributed by atoms with van der Waals surface area (Å²) in [7, 11) is -1.40. The fraction of sp³-hybridized carbons (Fsp3) is 0. The zero-order valence-electron chi connectivity index (χ0n) is 15.2. The molecule has 0 aliphatic heterocycles. The van der Waals surface area contributed by atoms with E-state index in [-0.39, 0.29) is 0 Å². The van der Waals surface area contributed by atoms with Gasteiger partial charge >= 0.3 is 0 Å². The first kappa shape index (κ1) is 21.0. The molecule has 28 heavy (non-hydrogen) atoms. The first-order valence-electron chi connectivity index (χ1n) is 8.88. The number of halogens is 2. The molecule has 0 heterocycles. The topological polar surface area (TPSA) is 0 Å². The Morgan fingerprint density at radius 2 is 0.500 bits per heavy atom. The van der Waals surface area contributed by atoms with Crippen LogP contribution in [0.2, 0.25) is 0 Å². The van der Waals surface area contributed by atoms with E-state index in [2.05, 4.69) is 48.5 Å². The van der Waals surface area contributed by atoms with Gasteiger partial charge in [0, 0.05) is 0 Å². The van der Waals surface area contributed by atoms with Crippen molar-refractivity contribution in [3.8, 4) is 0 Å². The molecule has 0 N–H and O–H groups in total. The van der Waals surface area contributed by atoms with Crippen molar-refractivity contribution in [1.82, 2.24) is 0 Å². The summed E-state index contributed by atoms with van der Waals surface area (Å²) in [4.78, 5) is 0. The lowest BCUT2D eigenvalue weighted by Crippen LogP contribution is -2.06. The minimum atomic E-state index is -0.699. The predicted octanol–water partition coefficient (Wildman–Crippen LogP) is 6.55. The Labute approximate surface area is 179 Å². The first-order chi connectivity index (χ1) is 13.8. The molecule has 0 unspecified atom stereocenters. The molecule has 0 radical (unpaired) electrons. The Hall–Kier alpha value is -1.68. The van der Waals surface area contributed by atoms with Gasteiger partial charge in [-0.1, -0.05) is 144 Å². The molecule has 0 nitrogen and oxygen atoms in total. The Kier molecular flexibility index (Phi) is 8.53. The largest absolute Gasteiger partial charge is 0.0859 e. The molecule has 4 aromatic carbocycles. The Balaban J connectivity index is 0.000000161. The lowest BCUT2D eigenvalue weighted by molar-refractivity contribution is 1.76. The third kappa shape index (κ3) is 6.16. The van der Waals surface area contributed by atoms with Gasteiger partial charge in [-0.25, -0.2) is 0 Å². The lowest BCUT2D eigenvalue weighted by Gasteiger charge is -2.09. The Morgan fingerprint density at radius 3 is 0.679 bits per heavy atom. The molecule has 4 aromatic rings. The van der Waals surface area contributed by atoms with Crippen LogP contribution in [0.1, 0.15) is 0 Å². The van der Waals surface area contributed by atoms with Gasteiger partial charge in [0.05, 0.1) is 14.5 Å². The summed E-state index contributed by atoms with van der Waals surface area (Å²) in [5.41, 5.74) is 0. The van der Waals surface area contributed by atoms with E-state index in [1.165, 1.54) is 21.2 Å². The Bertz CT molecular complexity index is 773. The van der Waals surface area contributed by atoms with Crippen LogP contribution >= 0.6 is 37.0 Å². The van der Waals surface area contributed by atoms with E-state index in [0.717, 1.165) is 0 Å². The minimum absolute atomic E-state index is 0.699. The number of benzene rings is 4. The quantitative estimate of drug-likeness (QED) is 0.315. The molecule has 4 rings (SSSR count). The second kappa shape index (κ2) is 11.4. The monoisotopic (exact) mass is 440 g/mol. The molecule has 0 aromatic heterocycles. The van der Waals surface area contributed by atoms with E-state index in [0.29, 0.717) is 0 Å². The maximum Gasteiger partial charge on any atom is 0.0524 e. The van der Waals surface area contributed by atoms with Crippen molar-refractivity contribution < 1.29 is 0 Å². The zero-order valence-corrected chi connectivity index (χ0v) is 18.5. The molecule has 4 heteroatoms. The maximum absolute atomic E-state index is 6.40. The van der Waals surface area contributed by atoms with Crippen LogP contribution in [0.25, 0.3) is 0 Å². The number of hydrogen-bond donors (Lipinski definition) is 0. The highest BCUT2D eigenvalue weighted by Crippen LogP contribution is 2.39. The van der Waals surface area contributed by atoms with Crippen molar-refractivity contribution >= 4 is 58.2 Å². The molecule has 0 saturated carbocycles. The van der Waals surface area contributed by atoms with Crippen LogP contribution in [-0.4, -0.2) is 0 Å². The van der Waals surface area contributed by atoms with Gasteiger partial charge in [-0.2, -0.15) is 0 Å².